The first-order chi connectivity index (χ1) is 13.0. The molecular formula is C18H38IN5O4S. The van der Waals surface area contributed by atoms with Crippen molar-refractivity contribution in [1.29, 1.82) is 0 Å². The molecule has 11 heteroatoms. The van der Waals surface area contributed by atoms with Crippen molar-refractivity contribution in [1.82, 2.24) is 19.8 Å². The zero-order valence-electron chi connectivity index (χ0n) is 18.5. The van der Waals surface area contributed by atoms with Gasteiger partial charge >= 0.3 is 0 Å². The number of nitrogens with one attached hydrogen (secondary N) is 2. The van der Waals surface area contributed by atoms with Crippen molar-refractivity contribution >= 4 is 45.9 Å². The molecule has 1 saturated heterocycles. The summed E-state index contributed by atoms with van der Waals surface area (Å²) in [7, 11) is -1.61. The van der Waals surface area contributed by atoms with Crippen LogP contribution in [0.2, 0.25) is 0 Å². The molecule has 0 radical (unpaired) electrons. The fourth-order valence-corrected chi connectivity index (χ4v) is 3.93. The quantitative estimate of drug-likeness (QED) is 0.201. The molecule has 29 heavy (non-hydrogen) atoms. The van der Waals surface area contributed by atoms with Crippen LogP contribution in [0.5, 0.6) is 0 Å². The molecule has 9 nitrogen and oxygen atoms in total. The van der Waals surface area contributed by atoms with Gasteiger partial charge in [-0.25, -0.2) is 8.42 Å². The normalized spacial score (nSPS) is 16.5. The van der Waals surface area contributed by atoms with E-state index in [4.69, 9.17) is 4.74 Å². The van der Waals surface area contributed by atoms with Gasteiger partial charge in [0, 0.05) is 51.7 Å². The molecule has 0 aromatic heterocycles. The van der Waals surface area contributed by atoms with Crippen LogP contribution in [0, 0.1) is 5.41 Å². The minimum atomic E-state index is -3.31. The van der Waals surface area contributed by atoms with Crippen molar-refractivity contribution in [2.45, 2.75) is 40.7 Å². The van der Waals surface area contributed by atoms with E-state index in [2.05, 4.69) is 15.6 Å². The highest BCUT2D eigenvalue weighted by Crippen LogP contribution is 2.12. The van der Waals surface area contributed by atoms with E-state index in [1.165, 1.54) is 4.31 Å². The highest BCUT2D eigenvalue weighted by molar-refractivity contribution is 14.0. The summed E-state index contributed by atoms with van der Waals surface area (Å²) in [4.78, 5) is 18.2. The largest absolute Gasteiger partial charge is 0.378 e. The predicted molar refractivity (Wildman–Crippen MR) is 127 cm³/mol. The van der Waals surface area contributed by atoms with E-state index >= 15 is 0 Å². The van der Waals surface area contributed by atoms with Gasteiger partial charge in [-0.2, -0.15) is 4.31 Å². The molecule has 1 aliphatic rings. The number of hydrogen-bond donors (Lipinski definition) is 2. The molecule has 0 aliphatic carbocycles. The zero-order valence-corrected chi connectivity index (χ0v) is 21.7. The van der Waals surface area contributed by atoms with Gasteiger partial charge in [-0.1, -0.05) is 20.8 Å². The summed E-state index contributed by atoms with van der Waals surface area (Å²) in [6, 6.07) is 0. The molecule has 0 saturated carbocycles. The Morgan fingerprint density at radius 2 is 1.66 bits per heavy atom. The molecule has 0 spiro atoms. The number of sulfonamides is 1. The molecule has 1 aliphatic heterocycles. The molecule has 1 heterocycles. The van der Waals surface area contributed by atoms with E-state index in [-0.39, 0.29) is 48.3 Å². The Morgan fingerprint density at radius 1 is 1.10 bits per heavy atom. The SMILES string of the molecule is CN=C(NCCNC(=O)C(C)(C)C)N1CCN(S(=O)(=O)CCOC(C)C)CC1.I. The van der Waals surface area contributed by atoms with Gasteiger partial charge in [-0.15, -0.1) is 24.0 Å². The lowest BCUT2D eigenvalue weighted by Gasteiger charge is -2.35. The van der Waals surface area contributed by atoms with Crippen LogP contribution in [0.15, 0.2) is 4.99 Å². The van der Waals surface area contributed by atoms with Gasteiger partial charge in [0.25, 0.3) is 0 Å². The Kier molecular flexibility index (Phi) is 12.6. The number of carbonyl (C=O) groups excluding carboxylic acids is 1. The lowest BCUT2D eigenvalue weighted by Crippen LogP contribution is -2.54. The molecule has 1 fully saturated rings. The third kappa shape index (κ3) is 10.3. The van der Waals surface area contributed by atoms with Crippen LogP contribution in [0.4, 0.5) is 0 Å². The number of ether oxygens (including phenoxy) is 1. The van der Waals surface area contributed by atoms with E-state index < -0.39 is 15.4 Å². The summed E-state index contributed by atoms with van der Waals surface area (Å²) in [5.41, 5.74) is -0.413. The van der Waals surface area contributed by atoms with Crippen molar-refractivity contribution in [3.8, 4) is 0 Å². The van der Waals surface area contributed by atoms with Crippen LogP contribution in [-0.2, 0) is 19.6 Å². The summed E-state index contributed by atoms with van der Waals surface area (Å²) in [5.74, 6) is 0.723. The van der Waals surface area contributed by atoms with Gasteiger partial charge in [0.1, 0.15) is 0 Å². The summed E-state index contributed by atoms with van der Waals surface area (Å²) >= 11 is 0. The lowest BCUT2D eigenvalue weighted by molar-refractivity contribution is -0.128. The van der Waals surface area contributed by atoms with Gasteiger partial charge in [-0.3, -0.25) is 9.79 Å². The highest BCUT2D eigenvalue weighted by atomic mass is 127. The van der Waals surface area contributed by atoms with E-state index in [0.29, 0.717) is 45.2 Å². The lowest BCUT2D eigenvalue weighted by atomic mass is 9.96. The Morgan fingerprint density at radius 3 is 2.14 bits per heavy atom. The van der Waals surface area contributed by atoms with E-state index in [0.717, 1.165) is 0 Å². The van der Waals surface area contributed by atoms with Gasteiger partial charge in [0.15, 0.2) is 5.96 Å². The number of piperazine rings is 1. The number of guanidine groups is 1. The first kappa shape index (κ1) is 28.3. The molecule has 1 rings (SSSR count). The fourth-order valence-electron chi connectivity index (χ4n) is 2.64. The topological polar surface area (TPSA) is 103 Å². The summed E-state index contributed by atoms with van der Waals surface area (Å²) in [6.07, 6.45) is 0.0228. The van der Waals surface area contributed by atoms with E-state index in [1.807, 2.05) is 39.5 Å². The number of hydrogen-bond acceptors (Lipinski definition) is 5. The standard InChI is InChI=1S/C18H37N5O4S.HI/c1-15(2)27-13-14-28(25,26)23-11-9-22(10-12-23)17(19-6)21-8-7-20-16(24)18(3,4)5;/h15H,7-14H2,1-6H3,(H,19,21)(H,20,24);1H. The number of amides is 1. The van der Waals surface area contributed by atoms with Gasteiger partial charge in [0.05, 0.1) is 18.5 Å². The van der Waals surface area contributed by atoms with Crippen LogP contribution >= 0.6 is 24.0 Å². The minimum Gasteiger partial charge on any atom is -0.378 e. The first-order valence-corrected chi connectivity index (χ1v) is 11.4. The van der Waals surface area contributed by atoms with E-state index in [9.17, 15) is 13.2 Å². The number of halogens is 1. The third-order valence-electron chi connectivity index (χ3n) is 4.31. The predicted octanol–water partition coefficient (Wildman–Crippen LogP) is 0.715. The van der Waals surface area contributed by atoms with Gasteiger partial charge in [-0.05, 0) is 13.8 Å². The second kappa shape index (κ2) is 12.9. The average molecular weight is 548 g/mol. The zero-order chi connectivity index (χ0) is 21.4. The molecule has 2 N–H and O–H groups in total. The maximum atomic E-state index is 12.4. The smallest absolute Gasteiger partial charge is 0.225 e. The minimum absolute atomic E-state index is 0. The third-order valence-corrected chi connectivity index (χ3v) is 6.15. The van der Waals surface area contributed by atoms with Crippen molar-refractivity contribution in [2.24, 2.45) is 10.4 Å². The van der Waals surface area contributed by atoms with Crippen molar-refractivity contribution in [3.63, 3.8) is 0 Å². The van der Waals surface area contributed by atoms with Crippen LogP contribution in [0.3, 0.4) is 0 Å². The van der Waals surface area contributed by atoms with Crippen LogP contribution in [0.25, 0.3) is 0 Å². The van der Waals surface area contributed by atoms with Crippen LogP contribution in [-0.4, -0.2) is 94.3 Å². The maximum Gasteiger partial charge on any atom is 0.225 e. The summed E-state index contributed by atoms with van der Waals surface area (Å²) in [5, 5.41) is 6.10. The van der Waals surface area contributed by atoms with Crippen molar-refractivity contribution in [3.05, 3.63) is 0 Å². The second-order valence-electron chi connectivity index (χ2n) is 8.10. The molecule has 1 amide bonds. The van der Waals surface area contributed by atoms with Crippen LogP contribution < -0.4 is 10.6 Å². The number of nitrogens with zero attached hydrogens (tertiary/aromatic N) is 3. The van der Waals surface area contributed by atoms with Gasteiger partial charge < -0.3 is 20.3 Å². The molecule has 172 valence electrons. The maximum absolute atomic E-state index is 12.4. The Hall–Kier alpha value is -0.660. The number of carbonyl (C=O) groups is 1. The average Bonchev–Trinajstić information content (AvgIpc) is 2.60. The van der Waals surface area contributed by atoms with Crippen molar-refractivity contribution < 1.29 is 17.9 Å². The van der Waals surface area contributed by atoms with Crippen molar-refractivity contribution in [2.75, 3.05) is 58.7 Å². The number of aliphatic imine (C=N–C) groups is 1. The summed E-state index contributed by atoms with van der Waals surface area (Å²) < 4.78 is 31.7. The Bertz CT molecular complexity index is 627. The molecule has 0 atom stereocenters. The Balaban J connectivity index is 0.00000784. The highest BCUT2D eigenvalue weighted by Gasteiger charge is 2.28. The van der Waals surface area contributed by atoms with Crippen LogP contribution in [0.1, 0.15) is 34.6 Å². The Labute approximate surface area is 193 Å². The molecule has 0 aromatic carbocycles. The molecule has 0 bridgehead atoms. The summed E-state index contributed by atoms with van der Waals surface area (Å²) in [6.45, 7) is 12.6. The van der Waals surface area contributed by atoms with Gasteiger partial charge in [0.2, 0.25) is 15.9 Å². The first-order valence-electron chi connectivity index (χ1n) is 9.80. The molecule has 0 unspecified atom stereocenters. The fraction of sp³-hybridized carbons (Fsp3) is 0.889. The molecule has 0 aromatic rings. The second-order valence-corrected chi connectivity index (χ2v) is 10.2. The molecular weight excluding hydrogens is 509 g/mol. The monoisotopic (exact) mass is 547 g/mol. The number of rotatable bonds is 8. The van der Waals surface area contributed by atoms with E-state index in [1.54, 1.807) is 7.05 Å².